The Kier molecular flexibility index (Phi) is 8.81. The van der Waals surface area contributed by atoms with Gasteiger partial charge in [-0.15, -0.1) is 0 Å². The molecule has 0 unspecified atom stereocenters. The summed E-state index contributed by atoms with van der Waals surface area (Å²) in [4.78, 5) is 2.45. The van der Waals surface area contributed by atoms with Crippen LogP contribution in [0.25, 0.3) is 0 Å². The molecular formula is C25H43NO3S. The van der Waals surface area contributed by atoms with Crippen LogP contribution in [0.4, 0.5) is 5.69 Å². The Bertz CT molecular complexity index is 762. The molecule has 5 heteroatoms. The third-order valence-electron chi connectivity index (χ3n) is 6.24. The lowest BCUT2D eigenvalue weighted by molar-refractivity contribution is -0.00522. The minimum atomic E-state index is -2.98. The normalized spacial score (nSPS) is 20.6. The number of hydrogen-bond donors (Lipinski definition) is 0. The van der Waals surface area contributed by atoms with E-state index < -0.39 is 14.6 Å². The molecule has 0 aliphatic carbocycles. The van der Waals surface area contributed by atoms with Crippen molar-refractivity contribution in [3.63, 3.8) is 0 Å². The van der Waals surface area contributed by atoms with Crippen molar-refractivity contribution in [2.24, 2.45) is 0 Å². The number of benzene rings is 1. The summed E-state index contributed by atoms with van der Waals surface area (Å²) in [6.07, 6.45) is 6.86. The molecule has 0 spiro atoms. The number of nitrogens with zero attached hydrogens (tertiary/aromatic N) is 1. The predicted octanol–water partition coefficient (Wildman–Crippen LogP) is 5.62. The average molecular weight is 438 g/mol. The summed E-state index contributed by atoms with van der Waals surface area (Å²) in [5, 5.41) is 0. The van der Waals surface area contributed by atoms with Crippen LogP contribution in [0.15, 0.2) is 12.1 Å². The molecule has 0 aromatic heterocycles. The molecule has 30 heavy (non-hydrogen) atoms. The van der Waals surface area contributed by atoms with Gasteiger partial charge in [0, 0.05) is 18.8 Å². The second-order valence-corrected chi connectivity index (χ2v) is 13.0. The van der Waals surface area contributed by atoms with Gasteiger partial charge >= 0.3 is 0 Å². The van der Waals surface area contributed by atoms with Gasteiger partial charge in [-0.25, -0.2) is 8.42 Å². The number of aryl methyl sites for hydroxylation is 2. The first kappa shape index (κ1) is 25.2. The van der Waals surface area contributed by atoms with Gasteiger partial charge in [-0.3, -0.25) is 0 Å². The number of anilines is 1. The van der Waals surface area contributed by atoms with Gasteiger partial charge in [-0.1, -0.05) is 19.3 Å². The zero-order valence-electron chi connectivity index (χ0n) is 20.3. The van der Waals surface area contributed by atoms with Crippen molar-refractivity contribution >= 4 is 15.5 Å². The fourth-order valence-electron chi connectivity index (χ4n) is 4.37. The molecule has 4 nitrogen and oxygen atoms in total. The Hall–Kier alpha value is -1.07. The molecule has 1 aliphatic heterocycles. The summed E-state index contributed by atoms with van der Waals surface area (Å²) in [7, 11) is -2.98. The molecule has 172 valence electrons. The number of hydrogen-bond acceptors (Lipinski definition) is 4. The molecule has 1 aromatic carbocycles. The summed E-state index contributed by atoms with van der Waals surface area (Å²) >= 11 is 0. The van der Waals surface area contributed by atoms with E-state index in [-0.39, 0.29) is 12.2 Å². The molecule has 0 bridgehead atoms. The van der Waals surface area contributed by atoms with Crippen LogP contribution in [0.5, 0.6) is 0 Å². The number of unbranched alkanes of at least 4 members (excludes halogenated alkanes) is 4. The van der Waals surface area contributed by atoms with Gasteiger partial charge in [-0.05, 0) is 96.6 Å². The lowest BCUT2D eigenvalue weighted by atomic mass is 9.95. The average Bonchev–Trinajstić information content (AvgIpc) is 2.60. The Morgan fingerprint density at radius 1 is 0.933 bits per heavy atom. The number of sulfone groups is 1. The first-order valence-corrected chi connectivity index (χ1v) is 13.3. The number of ether oxygens (including phenoxy) is 1. The maximum Gasteiger partial charge on any atom is 0.155 e. The number of rotatable bonds is 9. The van der Waals surface area contributed by atoms with Gasteiger partial charge in [0.2, 0.25) is 0 Å². The topological polar surface area (TPSA) is 46.6 Å². The Balaban J connectivity index is 1.80. The summed E-state index contributed by atoms with van der Waals surface area (Å²) in [5.41, 5.74) is 5.56. The first-order valence-electron chi connectivity index (χ1n) is 11.6. The van der Waals surface area contributed by atoms with Crippen LogP contribution in [-0.4, -0.2) is 44.2 Å². The molecule has 1 saturated heterocycles. The van der Waals surface area contributed by atoms with Gasteiger partial charge in [0.25, 0.3) is 0 Å². The van der Waals surface area contributed by atoms with E-state index in [0.717, 1.165) is 45.2 Å². The Morgan fingerprint density at radius 3 is 1.97 bits per heavy atom. The minimum absolute atomic E-state index is 0.271. The van der Waals surface area contributed by atoms with Gasteiger partial charge in [-0.2, -0.15) is 0 Å². The molecule has 1 fully saturated rings. The fraction of sp³-hybridized carbons (Fsp3) is 0.760. The second-order valence-electron chi connectivity index (χ2n) is 10.2. The van der Waals surface area contributed by atoms with Crippen molar-refractivity contribution in [1.82, 2.24) is 0 Å². The largest absolute Gasteiger partial charge is 0.372 e. The van der Waals surface area contributed by atoms with Crippen LogP contribution in [0, 0.1) is 13.8 Å². The highest BCUT2D eigenvalue weighted by Crippen LogP contribution is 2.27. The number of morpholine rings is 1. The summed E-state index contributed by atoms with van der Waals surface area (Å²) < 4.78 is 29.6. The molecule has 0 saturated carbocycles. The van der Waals surface area contributed by atoms with Gasteiger partial charge in [0.05, 0.1) is 22.7 Å². The van der Waals surface area contributed by atoms with E-state index in [9.17, 15) is 8.42 Å². The summed E-state index contributed by atoms with van der Waals surface area (Å²) in [5.74, 6) is 0.314. The molecule has 1 aliphatic rings. The summed E-state index contributed by atoms with van der Waals surface area (Å²) in [6.45, 7) is 16.0. The molecule has 1 aromatic rings. The molecule has 0 amide bonds. The maximum atomic E-state index is 12.2. The van der Waals surface area contributed by atoms with E-state index in [2.05, 4.69) is 44.7 Å². The van der Waals surface area contributed by atoms with Crippen LogP contribution in [0.1, 0.15) is 83.4 Å². The quantitative estimate of drug-likeness (QED) is 0.470. The molecule has 0 N–H and O–H groups in total. The SMILES string of the molecule is Cc1cc(N2C[C@@H](C)O[C@@H](C)C2)cc(C)c1CCCCCCCS(=O)(=O)C(C)(C)C. The van der Waals surface area contributed by atoms with E-state index >= 15 is 0 Å². The van der Waals surface area contributed by atoms with Crippen molar-refractivity contribution in [3.8, 4) is 0 Å². The lowest BCUT2D eigenvalue weighted by Crippen LogP contribution is -2.45. The third-order valence-corrected chi connectivity index (χ3v) is 8.93. The molecule has 0 radical (unpaired) electrons. The maximum absolute atomic E-state index is 12.2. The van der Waals surface area contributed by atoms with Gasteiger partial charge in [0.15, 0.2) is 9.84 Å². The first-order chi connectivity index (χ1) is 13.9. The highest BCUT2D eigenvalue weighted by Gasteiger charge is 2.28. The van der Waals surface area contributed by atoms with E-state index in [1.165, 1.54) is 28.8 Å². The summed E-state index contributed by atoms with van der Waals surface area (Å²) in [6, 6.07) is 4.68. The van der Waals surface area contributed by atoms with E-state index in [4.69, 9.17) is 4.74 Å². The van der Waals surface area contributed by atoms with Gasteiger partial charge in [0.1, 0.15) is 0 Å². The molecular weight excluding hydrogens is 394 g/mol. The molecule has 2 rings (SSSR count). The van der Waals surface area contributed by atoms with Crippen LogP contribution in [0.2, 0.25) is 0 Å². The lowest BCUT2D eigenvalue weighted by Gasteiger charge is -2.37. The highest BCUT2D eigenvalue weighted by molar-refractivity contribution is 7.92. The standard InChI is InChI=1S/C25H43NO3S/c1-19-15-23(26-17-21(3)29-22(4)18-26)16-20(2)24(19)13-11-9-8-10-12-14-30(27,28)25(5,6)7/h15-16,21-22H,8-14,17-18H2,1-7H3/t21-,22+. The van der Waals surface area contributed by atoms with E-state index in [1.54, 1.807) is 20.8 Å². The second kappa shape index (κ2) is 10.5. The minimum Gasteiger partial charge on any atom is -0.372 e. The zero-order valence-corrected chi connectivity index (χ0v) is 21.1. The van der Waals surface area contributed by atoms with Crippen molar-refractivity contribution in [3.05, 3.63) is 28.8 Å². The van der Waals surface area contributed by atoms with Crippen LogP contribution in [0.3, 0.4) is 0 Å². The van der Waals surface area contributed by atoms with Crippen LogP contribution < -0.4 is 4.90 Å². The predicted molar refractivity (Wildman–Crippen MR) is 128 cm³/mol. The van der Waals surface area contributed by atoms with Crippen molar-refractivity contribution in [2.45, 2.75) is 104 Å². The third kappa shape index (κ3) is 6.98. The Morgan fingerprint density at radius 2 is 1.43 bits per heavy atom. The Labute approximate surface area is 185 Å². The molecule has 2 atom stereocenters. The zero-order chi connectivity index (χ0) is 22.5. The van der Waals surface area contributed by atoms with Crippen molar-refractivity contribution < 1.29 is 13.2 Å². The smallest absolute Gasteiger partial charge is 0.155 e. The van der Waals surface area contributed by atoms with Crippen LogP contribution in [-0.2, 0) is 21.0 Å². The van der Waals surface area contributed by atoms with Crippen molar-refractivity contribution in [1.29, 1.82) is 0 Å². The molecule has 1 heterocycles. The van der Waals surface area contributed by atoms with Gasteiger partial charge < -0.3 is 9.64 Å². The monoisotopic (exact) mass is 437 g/mol. The van der Waals surface area contributed by atoms with E-state index in [0.29, 0.717) is 5.75 Å². The van der Waals surface area contributed by atoms with Crippen LogP contribution >= 0.6 is 0 Å². The van der Waals surface area contributed by atoms with Crippen molar-refractivity contribution in [2.75, 3.05) is 23.7 Å². The fourth-order valence-corrected chi connectivity index (χ4v) is 5.56. The van der Waals surface area contributed by atoms with E-state index in [1.807, 2.05) is 0 Å². The highest BCUT2D eigenvalue weighted by atomic mass is 32.2.